The van der Waals surface area contributed by atoms with Gasteiger partial charge in [0.1, 0.15) is 5.75 Å². The van der Waals surface area contributed by atoms with E-state index in [2.05, 4.69) is 30.1 Å². The Kier molecular flexibility index (Phi) is 7.37. The smallest absolute Gasteiger partial charge is 0.119 e. The van der Waals surface area contributed by atoms with E-state index in [-0.39, 0.29) is 6.04 Å². The van der Waals surface area contributed by atoms with E-state index in [1.807, 2.05) is 27.7 Å². The molecule has 1 atom stereocenters. The summed E-state index contributed by atoms with van der Waals surface area (Å²) >= 11 is 0. The highest BCUT2D eigenvalue weighted by molar-refractivity contribution is 5.43. The van der Waals surface area contributed by atoms with Crippen molar-refractivity contribution in [2.24, 2.45) is 11.1 Å². The summed E-state index contributed by atoms with van der Waals surface area (Å²) in [7, 11) is 3.91. The van der Waals surface area contributed by atoms with Crippen molar-refractivity contribution in [2.45, 2.75) is 53.0 Å². The van der Waals surface area contributed by atoms with Crippen LogP contribution in [0.15, 0.2) is 18.2 Å². The zero-order valence-corrected chi connectivity index (χ0v) is 15.3. The topological polar surface area (TPSA) is 38.5 Å². The van der Waals surface area contributed by atoms with Crippen molar-refractivity contribution in [3.8, 4) is 5.75 Å². The van der Waals surface area contributed by atoms with Crippen LogP contribution >= 0.6 is 0 Å². The van der Waals surface area contributed by atoms with Crippen molar-refractivity contribution in [3.05, 3.63) is 29.3 Å². The number of piperidine rings is 1. The summed E-state index contributed by atoms with van der Waals surface area (Å²) in [5.74, 6) is 0.925. The number of nitrogens with two attached hydrogens (primary N) is 1. The van der Waals surface area contributed by atoms with Gasteiger partial charge in [-0.25, -0.2) is 0 Å². The van der Waals surface area contributed by atoms with Crippen molar-refractivity contribution >= 4 is 0 Å². The minimum atomic E-state index is 0.177. The molecule has 1 aromatic rings. The lowest BCUT2D eigenvalue weighted by molar-refractivity contribution is 0.106. The Hall–Kier alpha value is -1.06. The Morgan fingerprint density at radius 1 is 1.14 bits per heavy atom. The molecular weight excluding hydrogens is 272 g/mol. The highest BCUT2D eigenvalue weighted by Gasteiger charge is 2.45. The van der Waals surface area contributed by atoms with Gasteiger partial charge in [0.25, 0.3) is 0 Å². The molecule has 0 aromatic heterocycles. The van der Waals surface area contributed by atoms with Gasteiger partial charge in [0.15, 0.2) is 0 Å². The predicted octanol–water partition coefficient (Wildman–Crippen LogP) is 4.02. The third-order valence-electron chi connectivity index (χ3n) is 4.87. The SMILES string of the molecule is CC.CC.COc1ccc2c(c1)[C@@H](N)C1(CCN(C)CC1)C2. The van der Waals surface area contributed by atoms with Crippen LogP contribution in [0, 0.1) is 5.41 Å². The highest BCUT2D eigenvalue weighted by Crippen LogP contribution is 2.51. The fraction of sp³-hybridized carbons (Fsp3) is 0.684. The monoisotopic (exact) mass is 306 g/mol. The summed E-state index contributed by atoms with van der Waals surface area (Å²) in [6.07, 6.45) is 3.56. The standard InChI is InChI=1S/C15H22N2O.2C2H6/c1-17-7-5-15(6-8-17)10-11-3-4-12(18-2)9-13(11)14(15)16;2*1-2/h3-4,9,14H,5-8,10,16H2,1-2H3;2*1-2H3/t14-;;/m1../s1. The number of ether oxygens (including phenoxy) is 1. The van der Waals surface area contributed by atoms with Gasteiger partial charge in [-0.15, -0.1) is 0 Å². The highest BCUT2D eigenvalue weighted by atomic mass is 16.5. The average molecular weight is 306 g/mol. The molecule has 3 nitrogen and oxygen atoms in total. The molecule has 0 unspecified atom stereocenters. The maximum Gasteiger partial charge on any atom is 0.119 e. The second-order valence-electron chi connectivity index (χ2n) is 5.88. The number of benzene rings is 1. The number of methoxy groups -OCH3 is 1. The molecule has 1 spiro atoms. The normalized spacial score (nSPS) is 22.0. The molecule has 0 saturated carbocycles. The van der Waals surface area contributed by atoms with Gasteiger partial charge < -0.3 is 15.4 Å². The fourth-order valence-electron chi connectivity index (χ4n) is 3.52. The number of hydrogen-bond acceptors (Lipinski definition) is 3. The molecule has 1 aliphatic heterocycles. The molecule has 3 rings (SSSR count). The number of nitrogens with zero attached hydrogens (tertiary/aromatic N) is 1. The predicted molar refractivity (Wildman–Crippen MR) is 95.5 cm³/mol. The van der Waals surface area contributed by atoms with E-state index in [4.69, 9.17) is 10.5 Å². The first kappa shape index (κ1) is 19.0. The van der Waals surface area contributed by atoms with Crippen LogP contribution in [-0.4, -0.2) is 32.1 Å². The zero-order chi connectivity index (χ0) is 16.8. The van der Waals surface area contributed by atoms with E-state index in [1.165, 1.54) is 37.1 Å². The van der Waals surface area contributed by atoms with Gasteiger partial charge in [-0.1, -0.05) is 33.8 Å². The van der Waals surface area contributed by atoms with E-state index in [0.29, 0.717) is 5.41 Å². The first-order chi connectivity index (χ1) is 10.6. The molecule has 1 aliphatic carbocycles. The summed E-state index contributed by atoms with van der Waals surface area (Å²) in [4.78, 5) is 2.40. The first-order valence-electron chi connectivity index (χ1n) is 8.75. The summed E-state index contributed by atoms with van der Waals surface area (Å²) in [5.41, 5.74) is 9.57. The second-order valence-corrected chi connectivity index (χ2v) is 5.88. The second kappa shape index (κ2) is 8.54. The summed E-state index contributed by atoms with van der Waals surface area (Å²) < 4.78 is 5.32. The molecule has 0 bridgehead atoms. The molecule has 3 heteroatoms. The van der Waals surface area contributed by atoms with Crippen molar-refractivity contribution in [1.82, 2.24) is 4.90 Å². The van der Waals surface area contributed by atoms with Gasteiger partial charge in [0.05, 0.1) is 7.11 Å². The summed E-state index contributed by atoms with van der Waals surface area (Å²) in [6, 6.07) is 6.56. The summed E-state index contributed by atoms with van der Waals surface area (Å²) in [5, 5.41) is 0. The van der Waals surface area contributed by atoms with Crippen molar-refractivity contribution in [2.75, 3.05) is 27.2 Å². The Bertz CT molecular complexity index is 451. The van der Waals surface area contributed by atoms with Crippen LogP contribution < -0.4 is 10.5 Å². The Labute approximate surface area is 136 Å². The quantitative estimate of drug-likeness (QED) is 0.852. The number of rotatable bonds is 1. The van der Waals surface area contributed by atoms with Gasteiger partial charge in [-0.2, -0.15) is 0 Å². The van der Waals surface area contributed by atoms with Crippen LogP contribution in [0.3, 0.4) is 0 Å². The lowest BCUT2D eigenvalue weighted by Crippen LogP contribution is -2.42. The third kappa shape index (κ3) is 3.64. The minimum Gasteiger partial charge on any atom is -0.497 e. The molecule has 1 saturated heterocycles. The first-order valence-corrected chi connectivity index (χ1v) is 8.75. The molecule has 22 heavy (non-hydrogen) atoms. The molecule has 0 amide bonds. The van der Waals surface area contributed by atoms with Gasteiger partial charge in [0.2, 0.25) is 0 Å². The van der Waals surface area contributed by atoms with Crippen LogP contribution in [-0.2, 0) is 6.42 Å². The third-order valence-corrected chi connectivity index (χ3v) is 4.87. The van der Waals surface area contributed by atoms with E-state index in [1.54, 1.807) is 7.11 Å². The molecule has 1 heterocycles. The van der Waals surface area contributed by atoms with Gasteiger partial charge >= 0.3 is 0 Å². The van der Waals surface area contributed by atoms with E-state index in [0.717, 1.165) is 12.2 Å². The van der Waals surface area contributed by atoms with Crippen LogP contribution in [0.1, 0.15) is 57.7 Å². The van der Waals surface area contributed by atoms with E-state index in [9.17, 15) is 0 Å². The van der Waals surface area contributed by atoms with Gasteiger partial charge in [0, 0.05) is 6.04 Å². The van der Waals surface area contributed by atoms with E-state index >= 15 is 0 Å². The van der Waals surface area contributed by atoms with Crippen LogP contribution in [0.2, 0.25) is 0 Å². The Balaban J connectivity index is 0.000000561. The molecule has 1 fully saturated rings. The Morgan fingerprint density at radius 3 is 2.27 bits per heavy atom. The number of fused-ring (bicyclic) bond motifs is 1. The maximum absolute atomic E-state index is 6.55. The molecule has 0 radical (unpaired) electrons. The average Bonchev–Trinajstić information content (AvgIpc) is 2.86. The molecule has 2 aliphatic rings. The molecule has 2 N–H and O–H groups in total. The zero-order valence-electron chi connectivity index (χ0n) is 15.3. The molecular formula is C19H34N2O. The molecule has 126 valence electrons. The van der Waals surface area contributed by atoms with Crippen LogP contribution in [0.25, 0.3) is 0 Å². The summed E-state index contributed by atoms with van der Waals surface area (Å²) in [6.45, 7) is 10.3. The number of likely N-dealkylation sites (tertiary alicyclic amines) is 1. The minimum absolute atomic E-state index is 0.177. The van der Waals surface area contributed by atoms with Gasteiger partial charge in [-0.3, -0.25) is 0 Å². The maximum atomic E-state index is 6.55. The van der Waals surface area contributed by atoms with Crippen LogP contribution in [0.4, 0.5) is 0 Å². The Morgan fingerprint density at radius 2 is 1.73 bits per heavy atom. The largest absolute Gasteiger partial charge is 0.497 e. The fourth-order valence-corrected chi connectivity index (χ4v) is 3.52. The lowest BCUT2D eigenvalue weighted by Gasteiger charge is -2.41. The molecule has 1 aromatic carbocycles. The lowest BCUT2D eigenvalue weighted by atomic mass is 9.73. The van der Waals surface area contributed by atoms with Crippen molar-refractivity contribution < 1.29 is 4.74 Å². The van der Waals surface area contributed by atoms with Crippen molar-refractivity contribution in [1.29, 1.82) is 0 Å². The van der Waals surface area contributed by atoms with Crippen molar-refractivity contribution in [3.63, 3.8) is 0 Å². The number of hydrogen-bond donors (Lipinski definition) is 1. The van der Waals surface area contributed by atoms with Gasteiger partial charge in [-0.05, 0) is 68.1 Å². The van der Waals surface area contributed by atoms with Crippen LogP contribution in [0.5, 0.6) is 5.75 Å². The van der Waals surface area contributed by atoms with E-state index < -0.39 is 0 Å².